The molecule has 1 aliphatic carbocycles. The van der Waals surface area contributed by atoms with Gasteiger partial charge in [-0.15, -0.1) is 0 Å². The number of carboxylic acids is 1. The van der Waals surface area contributed by atoms with Gasteiger partial charge in [-0.1, -0.05) is 24.3 Å². The third-order valence-corrected chi connectivity index (χ3v) is 2.79. The Bertz CT molecular complexity index is 286. The topological polar surface area (TPSA) is 61.4 Å². The van der Waals surface area contributed by atoms with E-state index < -0.39 is 12.0 Å². The number of hydrazine groups is 1. The highest BCUT2D eigenvalue weighted by Gasteiger charge is 2.38. The van der Waals surface area contributed by atoms with Crippen molar-refractivity contribution in [2.45, 2.75) is 24.9 Å². The molecule has 0 aromatic carbocycles. The third kappa shape index (κ3) is 1.71. The minimum Gasteiger partial charge on any atom is -0.480 e. The second-order valence-electron chi connectivity index (χ2n) is 3.68. The second-order valence-corrected chi connectivity index (χ2v) is 3.68. The summed E-state index contributed by atoms with van der Waals surface area (Å²) in [5.74, 6) is -0.628. The van der Waals surface area contributed by atoms with Gasteiger partial charge in [0, 0.05) is 12.0 Å². The van der Waals surface area contributed by atoms with Crippen molar-refractivity contribution in [1.82, 2.24) is 10.9 Å². The number of carbonyl (C=O) groups is 1. The molecule has 4 heteroatoms. The molecule has 1 saturated heterocycles. The van der Waals surface area contributed by atoms with Crippen LogP contribution in [0.4, 0.5) is 0 Å². The van der Waals surface area contributed by atoms with E-state index in [4.69, 9.17) is 5.11 Å². The molecule has 1 aliphatic heterocycles. The highest BCUT2D eigenvalue weighted by Crippen LogP contribution is 2.23. The van der Waals surface area contributed by atoms with Gasteiger partial charge in [-0.2, -0.15) is 0 Å². The van der Waals surface area contributed by atoms with Gasteiger partial charge in [0.1, 0.15) is 6.04 Å². The van der Waals surface area contributed by atoms with Crippen LogP contribution in [-0.4, -0.2) is 23.2 Å². The summed E-state index contributed by atoms with van der Waals surface area (Å²) in [6.45, 7) is 0. The van der Waals surface area contributed by atoms with E-state index in [-0.39, 0.29) is 12.0 Å². The van der Waals surface area contributed by atoms with Crippen LogP contribution in [0.1, 0.15) is 12.8 Å². The normalized spacial score (nSPS) is 40.7. The summed E-state index contributed by atoms with van der Waals surface area (Å²) in [6.07, 6.45) is 9.91. The molecular formula is C10H14N2O2. The summed E-state index contributed by atoms with van der Waals surface area (Å²) in [4.78, 5) is 10.9. The van der Waals surface area contributed by atoms with Crippen LogP contribution in [0, 0.1) is 5.92 Å². The second kappa shape index (κ2) is 3.94. The van der Waals surface area contributed by atoms with E-state index in [2.05, 4.69) is 16.9 Å². The fourth-order valence-corrected chi connectivity index (χ4v) is 2.04. The quantitative estimate of drug-likeness (QED) is 0.567. The number of carboxylic acid groups (broad SMARTS) is 1. The van der Waals surface area contributed by atoms with E-state index in [9.17, 15) is 4.79 Å². The Labute approximate surface area is 82.7 Å². The van der Waals surface area contributed by atoms with Crippen LogP contribution in [0.3, 0.4) is 0 Å². The summed E-state index contributed by atoms with van der Waals surface area (Å²) in [5.41, 5.74) is 5.83. The third-order valence-electron chi connectivity index (χ3n) is 2.79. The largest absolute Gasteiger partial charge is 0.480 e. The van der Waals surface area contributed by atoms with Crippen LogP contribution in [-0.2, 0) is 4.79 Å². The van der Waals surface area contributed by atoms with Gasteiger partial charge < -0.3 is 5.11 Å². The Kier molecular flexibility index (Phi) is 2.65. The highest BCUT2D eigenvalue weighted by atomic mass is 16.4. The molecule has 1 fully saturated rings. The summed E-state index contributed by atoms with van der Waals surface area (Å²) in [7, 11) is 0. The summed E-state index contributed by atoms with van der Waals surface area (Å²) < 4.78 is 0. The standard InChI is InChI=1S/C10H14N2O2/c13-10(14)9-7-5-3-1-2-4-6-8(7)11-12-9/h1-2,4,6-9,11-12H,3,5H2,(H,13,14)/b2-1-,6-4-. The molecule has 0 radical (unpaired) electrons. The summed E-state index contributed by atoms with van der Waals surface area (Å²) >= 11 is 0. The lowest BCUT2D eigenvalue weighted by atomic mass is 9.88. The molecule has 0 aromatic heterocycles. The van der Waals surface area contributed by atoms with Crippen LogP contribution in [0.15, 0.2) is 24.3 Å². The van der Waals surface area contributed by atoms with Crippen molar-refractivity contribution >= 4 is 5.97 Å². The van der Waals surface area contributed by atoms with Gasteiger partial charge in [0.25, 0.3) is 0 Å². The molecule has 0 amide bonds. The number of allylic oxidation sites excluding steroid dienone is 3. The monoisotopic (exact) mass is 194 g/mol. The first kappa shape index (κ1) is 9.43. The molecule has 4 nitrogen and oxygen atoms in total. The number of aliphatic carboxylic acids is 1. The molecule has 2 aliphatic rings. The smallest absolute Gasteiger partial charge is 0.322 e. The number of hydrogen-bond donors (Lipinski definition) is 3. The van der Waals surface area contributed by atoms with E-state index in [1.807, 2.05) is 18.2 Å². The number of hydrogen-bond acceptors (Lipinski definition) is 3. The molecule has 0 aromatic rings. The molecular weight excluding hydrogens is 180 g/mol. The Balaban J connectivity index is 2.13. The van der Waals surface area contributed by atoms with Crippen molar-refractivity contribution in [1.29, 1.82) is 0 Å². The van der Waals surface area contributed by atoms with Gasteiger partial charge >= 0.3 is 5.97 Å². The zero-order chi connectivity index (χ0) is 9.97. The van der Waals surface area contributed by atoms with Crippen LogP contribution in [0.2, 0.25) is 0 Å². The van der Waals surface area contributed by atoms with E-state index >= 15 is 0 Å². The average molecular weight is 194 g/mol. The van der Waals surface area contributed by atoms with Crippen molar-refractivity contribution in [3.63, 3.8) is 0 Å². The van der Waals surface area contributed by atoms with Gasteiger partial charge in [-0.05, 0) is 12.8 Å². The fraction of sp³-hybridized carbons (Fsp3) is 0.500. The van der Waals surface area contributed by atoms with Crippen LogP contribution < -0.4 is 10.9 Å². The molecule has 0 bridgehead atoms. The average Bonchev–Trinajstić information content (AvgIpc) is 2.47. The molecule has 1 heterocycles. The Hall–Kier alpha value is -1.13. The molecule has 3 atom stereocenters. The number of nitrogens with one attached hydrogen (secondary N) is 2. The summed E-state index contributed by atoms with van der Waals surface area (Å²) in [6, 6.07) is -0.322. The molecule has 76 valence electrons. The van der Waals surface area contributed by atoms with Gasteiger partial charge in [0.15, 0.2) is 0 Å². The molecule has 0 spiro atoms. The summed E-state index contributed by atoms with van der Waals surface area (Å²) in [5, 5.41) is 8.97. The van der Waals surface area contributed by atoms with Crippen molar-refractivity contribution in [2.75, 3.05) is 0 Å². The first-order valence-corrected chi connectivity index (χ1v) is 4.86. The van der Waals surface area contributed by atoms with Gasteiger partial charge in [-0.25, -0.2) is 10.9 Å². The van der Waals surface area contributed by atoms with Gasteiger partial charge in [0.2, 0.25) is 0 Å². The van der Waals surface area contributed by atoms with E-state index in [1.54, 1.807) is 0 Å². The minimum absolute atomic E-state index is 0.140. The number of rotatable bonds is 1. The lowest BCUT2D eigenvalue weighted by molar-refractivity contribution is -0.140. The first-order valence-electron chi connectivity index (χ1n) is 4.86. The number of fused-ring (bicyclic) bond motifs is 1. The molecule has 3 unspecified atom stereocenters. The Morgan fingerprint density at radius 1 is 1.36 bits per heavy atom. The van der Waals surface area contributed by atoms with Crippen LogP contribution >= 0.6 is 0 Å². The zero-order valence-electron chi connectivity index (χ0n) is 7.81. The Morgan fingerprint density at radius 3 is 3.00 bits per heavy atom. The van der Waals surface area contributed by atoms with Gasteiger partial charge in [0.05, 0.1) is 0 Å². The maximum absolute atomic E-state index is 10.9. The van der Waals surface area contributed by atoms with Crippen molar-refractivity contribution in [2.24, 2.45) is 5.92 Å². The van der Waals surface area contributed by atoms with E-state index in [1.165, 1.54) is 0 Å². The first-order chi connectivity index (χ1) is 6.79. The predicted molar refractivity (Wildman–Crippen MR) is 52.5 cm³/mol. The lowest BCUT2D eigenvalue weighted by Gasteiger charge is -2.18. The molecule has 0 saturated carbocycles. The fourth-order valence-electron chi connectivity index (χ4n) is 2.04. The predicted octanol–water partition coefficient (Wildman–Crippen LogP) is 0.438. The maximum Gasteiger partial charge on any atom is 0.322 e. The zero-order valence-corrected chi connectivity index (χ0v) is 7.81. The molecule has 14 heavy (non-hydrogen) atoms. The minimum atomic E-state index is -0.775. The van der Waals surface area contributed by atoms with Crippen molar-refractivity contribution < 1.29 is 9.90 Å². The Morgan fingerprint density at radius 2 is 2.21 bits per heavy atom. The molecule has 2 rings (SSSR count). The van der Waals surface area contributed by atoms with Crippen molar-refractivity contribution in [3.8, 4) is 0 Å². The SMILES string of the molecule is O=C(O)C1NNC2/C=C\C=C/CCC21. The van der Waals surface area contributed by atoms with Gasteiger partial charge in [-0.3, -0.25) is 4.79 Å². The maximum atomic E-state index is 10.9. The highest BCUT2D eigenvalue weighted by molar-refractivity contribution is 5.74. The molecule has 3 N–H and O–H groups in total. The van der Waals surface area contributed by atoms with E-state index in [0.717, 1.165) is 12.8 Å². The van der Waals surface area contributed by atoms with E-state index in [0.29, 0.717) is 0 Å². The lowest BCUT2D eigenvalue weighted by Crippen LogP contribution is -2.38. The van der Waals surface area contributed by atoms with Crippen LogP contribution in [0.5, 0.6) is 0 Å². The van der Waals surface area contributed by atoms with Crippen LogP contribution in [0.25, 0.3) is 0 Å². The van der Waals surface area contributed by atoms with Crippen molar-refractivity contribution in [3.05, 3.63) is 24.3 Å².